The van der Waals surface area contributed by atoms with Gasteiger partial charge in [0.2, 0.25) is 12.7 Å². The Morgan fingerprint density at radius 3 is 2.52 bits per heavy atom. The number of esters is 2. The SMILES string of the molecule is CC(CCCN)SC1=C(C(=O)OCOC(=O)C(C)(C)C)N2C(=O)C(C(C)O)[C@H]2S1. The van der Waals surface area contributed by atoms with Gasteiger partial charge in [-0.25, -0.2) is 4.79 Å². The number of amides is 1. The zero-order valence-electron chi connectivity index (χ0n) is 17.5. The van der Waals surface area contributed by atoms with E-state index in [4.69, 9.17) is 15.2 Å². The summed E-state index contributed by atoms with van der Waals surface area (Å²) in [5.74, 6) is -2.06. The highest BCUT2D eigenvalue weighted by Gasteiger charge is 2.58. The molecule has 2 aliphatic rings. The number of aliphatic hydroxyl groups excluding tert-OH is 1. The summed E-state index contributed by atoms with van der Waals surface area (Å²) < 4.78 is 10.8. The van der Waals surface area contributed by atoms with Gasteiger partial charge in [-0.05, 0) is 47.1 Å². The van der Waals surface area contributed by atoms with E-state index < -0.39 is 36.2 Å². The van der Waals surface area contributed by atoms with Crippen molar-refractivity contribution in [3.8, 4) is 0 Å². The Labute approximate surface area is 179 Å². The normalized spacial score (nSPS) is 23.4. The minimum atomic E-state index is -0.805. The van der Waals surface area contributed by atoms with Gasteiger partial charge in [0.05, 0.1) is 21.7 Å². The van der Waals surface area contributed by atoms with Crippen molar-refractivity contribution >= 4 is 41.4 Å². The lowest BCUT2D eigenvalue weighted by Crippen LogP contribution is -2.60. The van der Waals surface area contributed by atoms with E-state index in [9.17, 15) is 19.5 Å². The van der Waals surface area contributed by atoms with Crippen molar-refractivity contribution in [2.45, 2.75) is 64.2 Å². The predicted octanol–water partition coefficient (Wildman–Crippen LogP) is 2.02. The quantitative estimate of drug-likeness (QED) is 0.311. The van der Waals surface area contributed by atoms with Crippen LogP contribution in [0.4, 0.5) is 0 Å². The molecule has 0 aromatic rings. The van der Waals surface area contributed by atoms with Gasteiger partial charge in [0.1, 0.15) is 5.37 Å². The first-order chi connectivity index (χ1) is 13.5. The van der Waals surface area contributed by atoms with E-state index in [2.05, 4.69) is 0 Å². The molecule has 1 fully saturated rings. The summed E-state index contributed by atoms with van der Waals surface area (Å²) in [6, 6.07) is 0. The number of ether oxygens (including phenoxy) is 2. The molecule has 1 saturated heterocycles. The number of fused-ring (bicyclic) bond motifs is 1. The molecule has 2 rings (SSSR count). The van der Waals surface area contributed by atoms with E-state index in [1.807, 2.05) is 6.92 Å². The minimum Gasteiger partial charge on any atom is -0.427 e. The number of nitrogens with zero attached hydrogens (tertiary/aromatic N) is 1. The van der Waals surface area contributed by atoms with E-state index in [0.29, 0.717) is 10.8 Å². The third kappa shape index (κ3) is 5.48. The van der Waals surface area contributed by atoms with Crippen LogP contribution in [0, 0.1) is 11.3 Å². The van der Waals surface area contributed by atoms with Crippen LogP contribution in [-0.2, 0) is 23.9 Å². The molecule has 29 heavy (non-hydrogen) atoms. The van der Waals surface area contributed by atoms with Gasteiger partial charge in [-0.15, -0.1) is 11.8 Å². The van der Waals surface area contributed by atoms with E-state index in [1.54, 1.807) is 27.7 Å². The van der Waals surface area contributed by atoms with Crippen molar-refractivity contribution in [1.82, 2.24) is 4.90 Å². The summed E-state index contributed by atoms with van der Waals surface area (Å²) in [5.41, 5.74) is 5.03. The molecule has 3 N–H and O–H groups in total. The maximum absolute atomic E-state index is 12.7. The molecule has 0 aliphatic carbocycles. The number of rotatable bonds is 9. The maximum Gasteiger partial charge on any atom is 0.359 e. The Hall–Kier alpha value is -1.23. The van der Waals surface area contributed by atoms with Crippen LogP contribution in [0.3, 0.4) is 0 Å². The van der Waals surface area contributed by atoms with Gasteiger partial charge in [-0.1, -0.05) is 18.7 Å². The minimum absolute atomic E-state index is 0.165. The first-order valence-corrected chi connectivity index (χ1v) is 11.4. The lowest BCUT2D eigenvalue weighted by Gasteiger charge is -2.43. The Balaban J connectivity index is 2.11. The summed E-state index contributed by atoms with van der Waals surface area (Å²) >= 11 is 2.88. The zero-order valence-corrected chi connectivity index (χ0v) is 19.1. The van der Waals surface area contributed by atoms with E-state index in [0.717, 1.165) is 12.8 Å². The van der Waals surface area contributed by atoms with Gasteiger partial charge in [-0.2, -0.15) is 0 Å². The summed E-state index contributed by atoms with van der Waals surface area (Å²) in [6.07, 6.45) is 0.923. The summed E-state index contributed by atoms with van der Waals surface area (Å²) in [4.78, 5) is 38.5. The summed E-state index contributed by atoms with van der Waals surface area (Å²) in [7, 11) is 0. The number of carbonyl (C=O) groups is 3. The van der Waals surface area contributed by atoms with Gasteiger partial charge in [-0.3, -0.25) is 14.5 Å². The van der Waals surface area contributed by atoms with Gasteiger partial charge >= 0.3 is 11.9 Å². The Morgan fingerprint density at radius 2 is 1.97 bits per heavy atom. The Bertz CT molecular complexity index is 689. The average Bonchev–Trinajstić information content (AvgIpc) is 2.92. The van der Waals surface area contributed by atoms with E-state index in [1.165, 1.54) is 28.4 Å². The second kappa shape index (κ2) is 9.72. The molecular formula is C19H30N2O6S2. The number of hydrogen-bond donors (Lipinski definition) is 2. The molecule has 0 bridgehead atoms. The van der Waals surface area contributed by atoms with Crippen LogP contribution in [0.2, 0.25) is 0 Å². The monoisotopic (exact) mass is 446 g/mol. The van der Waals surface area contributed by atoms with Gasteiger partial charge < -0.3 is 20.3 Å². The highest BCUT2D eigenvalue weighted by molar-refractivity contribution is 8.23. The van der Waals surface area contributed by atoms with Gasteiger partial charge in [0, 0.05) is 5.25 Å². The molecule has 3 unspecified atom stereocenters. The number of β-lactam (4-membered cyclic amide) rings is 1. The van der Waals surface area contributed by atoms with Crippen LogP contribution in [0.5, 0.6) is 0 Å². The smallest absolute Gasteiger partial charge is 0.359 e. The average molecular weight is 447 g/mol. The molecular weight excluding hydrogens is 416 g/mol. The van der Waals surface area contributed by atoms with Crippen LogP contribution >= 0.6 is 23.5 Å². The number of hydrogen-bond acceptors (Lipinski definition) is 9. The molecule has 8 nitrogen and oxygen atoms in total. The largest absolute Gasteiger partial charge is 0.427 e. The second-order valence-electron chi connectivity index (χ2n) is 8.21. The van der Waals surface area contributed by atoms with Crippen LogP contribution in [0.25, 0.3) is 0 Å². The standard InChI is InChI=1S/C19H30N2O6S2/c1-10(7-6-8-20)28-17-13(16(24)26-9-27-18(25)19(3,4)5)21-14(23)12(11(2)22)15(21)29-17/h10-12,15,22H,6-9,20H2,1-5H3/t10?,11?,12?,15-/m1/s1. The maximum atomic E-state index is 12.7. The van der Waals surface area contributed by atoms with Crippen molar-refractivity contribution in [2.24, 2.45) is 17.1 Å². The molecule has 164 valence electrons. The fourth-order valence-corrected chi connectivity index (χ4v) is 6.16. The predicted molar refractivity (Wildman–Crippen MR) is 112 cm³/mol. The summed E-state index contributed by atoms with van der Waals surface area (Å²) in [5, 5.41) is 9.77. The topological polar surface area (TPSA) is 119 Å². The highest BCUT2D eigenvalue weighted by Crippen LogP contribution is 2.54. The second-order valence-corrected chi connectivity index (χ2v) is 11.0. The fourth-order valence-electron chi connectivity index (χ4n) is 2.89. The van der Waals surface area contributed by atoms with Crippen molar-refractivity contribution in [3.63, 3.8) is 0 Å². The Morgan fingerprint density at radius 1 is 1.31 bits per heavy atom. The van der Waals surface area contributed by atoms with Crippen LogP contribution in [0.15, 0.2) is 9.93 Å². The van der Waals surface area contributed by atoms with Crippen molar-refractivity contribution in [3.05, 3.63) is 9.93 Å². The fraction of sp³-hybridized carbons (Fsp3) is 0.737. The van der Waals surface area contributed by atoms with E-state index in [-0.39, 0.29) is 22.2 Å². The molecule has 4 atom stereocenters. The molecule has 2 aliphatic heterocycles. The third-order valence-corrected chi connectivity index (χ3v) is 7.35. The molecule has 0 spiro atoms. The number of aliphatic hydroxyl groups is 1. The first kappa shape index (κ1) is 24.0. The first-order valence-electron chi connectivity index (χ1n) is 9.62. The lowest BCUT2D eigenvalue weighted by atomic mass is 9.92. The van der Waals surface area contributed by atoms with Crippen LogP contribution in [0.1, 0.15) is 47.5 Å². The molecule has 10 heteroatoms. The number of nitrogens with two attached hydrogens (primary N) is 1. The van der Waals surface area contributed by atoms with Crippen LogP contribution in [-0.4, -0.2) is 57.9 Å². The molecule has 0 aromatic heterocycles. The van der Waals surface area contributed by atoms with Crippen molar-refractivity contribution in [2.75, 3.05) is 13.3 Å². The Kier molecular flexibility index (Phi) is 8.06. The molecule has 2 heterocycles. The van der Waals surface area contributed by atoms with Gasteiger partial charge in [0.25, 0.3) is 0 Å². The van der Waals surface area contributed by atoms with Crippen molar-refractivity contribution < 1.29 is 29.0 Å². The number of carbonyl (C=O) groups excluding carboxylic acids is 3. The third-order valence-electron chi connectivity index (χ3n) is 4.57. The number of thioether (sulfide) groups is 2. The lowest BCUT2D eigenvalue weighted by molar-refractivity contribution is -0.174. The zero-order chi connectivity index (χ0) is 21.9. The highest BCUT2D eigenvalue weighted by atomic mass is 32.2. The van der Waals surface area contributed by atoms with E-state index >= 15 is 0 Å². The molecule has 0 saturated carbocycles. The van der Waals surface area contributed by atoms with Crippen molar-refractivity contribution in [1.29, 1.82) is 0 Å². The molecule has 0 radical (unpaired) electrons. The van der Waals surface area contributed by atoms with Gasteiger partial charge in [0.15, 0.2) is 5.70 Å². The van der Waals surface area contributed by atoms with Crippen LogP contribution < -0.4 is 5.73 Å². The summed E-state index contributed by atoms with van der Waals surface area (Å²) in [6.45, 7) is 8.77. The molecule has 0 aromatic carbocycles. The molecule has 1 amide bonds.